The topological polar surface area (TPSA) is 55.1 Å². The minimum Gasteiger partial charge on any atom is -0.481 e. The van der Waals surface area contributed by atoms with Crippen LogP contribution in [0.1, 0.15) is 0 Å². The second-order valence-electron chi connectivity index (χ2n) is 3.81. The number of halogens is 2. The smallest absolute Gasteiger partial charge is 0.313 e. The lowest BCUT2D eigenvalue weighted by atomic mass is 10.3. The van der Waals surface area contributed by atoms with Crippen LogP contribution in [0.5, 0.6) is 0 Å². The van der Waals surface area contributed by atoms with Crippen molar-refractivity contribution in [2.24, 2.45) is 0 Å². The van der Waals surface area contributed by atoms with E-state index in [9.17, 15) is 4.79 Å². The molecule has 19 heavy (non-hydrogen) atoms. The number of hydrogen-bond donors (Lipinski definition) is 1. The number of benzene rings is 1. The molecule has 0 saturated carbocycles. The van der Waals surface area contributed by atoms with Gasteiger partial charge in [-0.25, -0.2) is 4.98 Å². The van der Waals surface area contributed by atoms with Crippen LogP contribution in [0.15, 0.2) is 38.9 Å². The van der Waals surface area contributed by atoms with Crippen molar-refractivity contribution < 1.29 is 9.90 Å². The summed E-state index contributed by atoms with van der Waals surface area (Å²) in [6, 6.07) is 5.77. The molecule has 1 aromatic carbocycles. The fourth-order valence-electron chi connectivity index (χ4n) is 1.63. The first-order valence-corrected chi connectivity index (χ1v) is 7.88. The number of thioether (sulfide) groups is 1. The van der Waals surface area contributed by atoms with E-state index in [1.807, 2.05) is 22.8 Å². The molecule has 1 aromatic heterocycles. The summed E-state index contributed by atoms with van der Waals surface area (Å²) in [5, 5.41) is 9.45. The molecule has 1 N–H and O–H groups in total. The summed E-state index contributed by atoms with van der Waals surface area (Å²) in [5.41, 5.74) is 1.78. The van der Waals surface area contributed by atoms with Crippen molar-refractivity contribution >= 4 is 60.6 Å². The van der Waals surface area contributed by atoms with Crippen LogP contribution in [0, 0.1) is 0 Å². The summed E-state index contributed by atoms with van der Waals surface area (Å²) < 4.78 is 3.71. The fraction of sp³-hybridized carbons (Fsp3) is 0.167. The molecule has 2 rings (SSSR count). The van der Waals surface area contributed by atoms with E-state index in [1.54, 1.807) is 0 Å². The van der Waals surface area contributed by atoms with E-state index in [0.29, 0.717) is 11.7 Å². The molecule has 0 unspecified atom stereocenters. The summed E-state index contributed by atoms with van der Waals surface area (Å²) in [6.45, 7) is 4.38. The largest absolute Gasteiger partial charge is 0.481 e. The number of aliphatic carboxylic acids is 1. The zero-order chi connectivity index (χ0) is 14.0. The molecule has 0 bridgehead atoms. The lowest BCUT2D eigenvalue weighted by molar-refractivity contribution is -0.133. The van der Waals surface area contributed by atoms with Gasteiger partial charge in [-0.15, -0.1) is 0 Å². The van der Waals surface area contributed by atoms with Gasteiger partial charge in [0.1, 0.15) is 0 Å². The Morgan fingerprint density at radius 1 is 1.53 bits per heavy atom. The van der Waals surface area contributed by atoms with Crippen LogP contribution in [0.2, 0.25) is 0 Å². The third-order valence-corrected chi connectivity index (χ3v) is 4.03. The van der Waals surface area contributed by atoms with Crippen LogP contribution >= 0.6 is 43.6 Å². The van der Waals surface area contributed by atoms with Crippen LogP contribution in [0.3, 0.4) is 0 Å². The minimum atomic E-state index is -0.859. The van der Waals surface area contributed by atoms with Crippen molar-refractivity contribution in [3.05, 3.63) is 33.7 Å². The molecule has 2 aromatic rings. The zero-order valence-corrected chi connectivity index (χ0v) is 13.8. The molecule has 0 spiro atoms. The average Bonchev–Trinajstić information content (AvgIpc) is 2.64. The maximum absolute atomic E-state index is 10.7. The van der Waals surface area contributed by atoms with Gasteiger partial charge in [0.15, 0.2) is 5.16 Å². The van der Waals surface area contributed by atoms with Crippen LogP contribution in [-0.2, 0) is 11.3 Å². The Bertz CT molecular complexity index is 654. The second kappa shape index (κ2) is 6.11. The molecule has 0 radical (unpaired) electrons. The number of aromatic nitrogens is 2. The van der Waals surface area contributed by atoms with Crippen molar-refractivity contribution in [2.75, 3.05) is 5.75 Å². The number of nitrogens with zero attached hydrogens (tertiary/aromatic N) is 2. The van der Waals surface area contributed by atoms with E-state index in [1.165, 1.54) is 11.8 Å². The SMILES string of the molecule is C=C(Br)Cn1c(SCC(=O)O)nc2ccc(Br)cc21. The molecule has 100 valence electrons. The van der Waals surface area contributed by atoms with Gasteiger partial charge in [0.2, 0.25) is 0 Å². The first kappa shape index (κ1) is 14.6. The summed E-state index contributed by atoms with van der Waals surface area (Å²) in [6.07, 6.45) is 0. The lowest BCUT2D eigenvalue weighted by Gasteiger charge is -2.07. The molecule has 0 saturated heterocycles. The number of fused-ring (bicyclic) bond motifs is 1. The number of carbonyl (C=O) groups is 1. The van der Waals surface area contributed by atoms with Crippen molar-refractivity contribution in [3.63, 3.8) is 0 Å². The summed E-state index contributed by atoms with van der Waals surface area (Å²) in [7, 11) is 0. The van der Waals surface area contributed by atoms with Crippen molar-refractivity contribution in [1.29, 1.82) is 0 Å². The third kappa shape index (κ3) is 3.61. The molecular formula is C12H10Br2N2O2S. The molecular weight excluding hydrogens is 396 g/mol. The Labute approximate surface area is 131 Å². The van der Waals surface area contributed by atoms with E-state index in [2.05, 4.69) is 43.4 Å². The first-order chi connectivity index (χ1) is 8.97. The Kier molecular flexibility index (Phi) is 4.70. The van der Waals surface area contributed by atoms with Crippen molar-refractivity contribution in [1.82, 2.24) is 9.55 Å². The van der Waals surface area contributed by atoms with Gasteiger partial charge in [0, 0.05) is 8.96 Å². The Hall–Kier alpha value is -0.790. The summed E-state index contributed by atoms with van der Waals surface area (Å²) in [5.74, 6) is -0.873. The average molecular weight is 406 g/mol. The molecule has 0 aliphatic carbocycles. The molecule has 7 heteroatoms. The van der Waals surface area contributed by atoms with Gasteiger partial charge >= 0.3 is 5.97 Å². The normalized spacial score (nSPS) is 10.8. The number of allylic oxidation sites excluding steroid dienone is 1. The highest BCUT2D eigenvalue weighted by atomic mass is 79.9. The monoisotopic (exact) mass is 404 g/mol. The molecule has 1 heterocycles. The van der Waals surface area contributed by atoms with E-state index in [0.717, 1.165) is 20.0 Å². The third-order valence-electron chi connectivity index (χ3n) is 2.33. The molecule has 0 atom stereocenters. The van der Waals surface area contributed by atoms with Crippen LogP contribution in [0.4, 0.5) is 0 Å². The Morgan fingerprint density at radius 3 is 2.89 bits per heavy atom. The predicted octanol–water partition coefficient (Wildman–Crippen LogP) is 3.88. The highest BCUT2D eigenvalue weighted by molar-refractivity contribution is 9.11. The highest BCUT2D eigenvalue weighted by Gasteiger charge is 2.13. The number of carboxylic acids is 1. The predicted molar refractivity (Wildman–Crippen MR) is 83.9 cm³/mol. The second-order valence-corrected chi connectivity index (χ2v) is 6.79. The number of imidazole rings is 1. The van der Waals surface area contributed by atoms with Gasteiger partial charge in [-0.05, 0) is 18.2 Å². The number of hydrogen-bond acceptors (Lipinski definition) is 3. The van der Waals surface area contributed by atoms with Crippen LogP contribution in [0.25, 0.3) is 11.0 Å². The van der Waals surface area contributed by atoms with Crippen molar-refractivity contribution in [3.8, 4) is 0 Å². The Balaban J connectivity index is 2.48. The van der Waals surface area contributed by atoms with Gasteiger partial charge in [0.25, 0.3) is 0 Å². The molecule has 4 nitrogen and oxygen atoms in total. The van der Waals surface area contributed by atoms with Gasteiger partial charge in [-0.2, -0.15) is 0 Å². The van der Waals surface area contributed by atoms with E-state index in [4.69, 9.17) is 5.11 Å². The maximum atomic E-state index is 10.7. The molecule has 0 fully saturated rings. The summed E-state index contributed by atoms with van der Waals surface area (Å²) >= 11 is 7.97. The van der Waals surface area contributed by atoms with Gasteiger partial charge < -0.3 is 9.67 Å². The van der Waals surface area contributed by atoms with E-state index in [-0.39, 0.29) is 5.75 Å². The molecule has 0 amide bonds. The van der Waals surface area contributed by atoms with Crippen LogP contribution in [-0.4, -0.2) is 26.4 Å². The number of carboxylic acid groups (broad SMARTS) is 1. The van der Waals surface area contributed by atoms with E-state index >= 15 is 0 Å². The Morgan fingerprint density at radius 2 is 2.26 bits per heavy atom. The first-order valence-electron chi connectivity index (χ1n) is 5.31. The van der Waals surface area contributed by atoms with Crippen LogP contribution < -0.4 is 0 Å². The molecule has 0 aliphatic heterocycles. The minimum absolute atomic E-state index is 0.0146. The van der Waals surface area contributed by atoms with E-state index < -0.39 is 5.97 Å². The zero-order valence-electron chi connectivity index (χ0n) is 9.77. The highest BCUT2D eigenvalue weighted by Crippen LogP contribution is 2.27. The fourth-order valence-corrected chi connectivity index (χ4v) is 2.97. The van der Waals surface area contributed by atoms with Gasteiger partial charge in [0.05, 0.1) is 23.3 Å². The summed E-state index contributed by atoms with van der Waals surface area (Å²) in [4.78, 5) is 15.1. The maximum Gasteiger partial charge on any atom is 0.313 e. The van der Waals surface area contributed by atoms with Crippen molar-refractivity contribution in [2.45, 2.75) is 11.7 Å². The lowest BCUT2D eigenvalue weighted by Crippen LogP contribution is -2.03. The number of rotatable bonds is 5. The van der Waals surface area contributed by atoms with Gasteiger partial charge in [-0.1, -0.05) is 50.2 Å². The quantitative estimate of drug-likeness (QED) is 0.766. The standard InChI is InChI=1S/C12H10Br2N2O2S/c1-7(13)5-16-10-4-8(14)2-3-9(10)15-12(16)19-6-11(17)18/h2-4H,1,5-6H2,(H,17,18). The van der Waals surface area contributed by atoms with Gasteiger partial charge in [-0.3, -0.25) is 4.79 Å². The molecule has 0 aliphatic rings.